The van der Waals surface area contributed by atoms with Gasteiger partial charge in [0, 0.05) is 24.3 Å². The number of hydrogen-bond acceptors (Lipinski definition) is 3. The Hall–Kier alpha value is -0.930. The number of nitrogens with one attached hydrogen (secondary N) is 2. The summed E-state index contributed by atoms with van der Waals surface area (Å²) in [6.07, 6.45) is 7.10. The normalized spacial score (nSPS) is 23.6. The summed E-state index contributed by atoms with van der Waals surface area (Å²) >= 11 is 0. The Kier molecular flexibility index (Phi) is 5.14. The van der Waals surface area contributed by atoms with Crippen LogP contribution in [0.2, 0.25) is 0 Å². The third-order valence-electron chi connectivity index (χ3n) is 3.72. The molecule has 0 saturated carbocycles. The van der Waals surface area contributed by atoms with Crippen molar-refractivity contribution in [1.29, 1.82) is 0 Å². The zero-order valence-corrected chi connectivity index (χ0v) is 11.5. The highest BCUT2D eigenvalue weighted by Gasteiger charge is 2.17. The third-order valence-corrected chi connectivity index (χ3v) is 3.72. The lowest BCUT2D eigenvalue weighted by atomic mass is 9.98. The van der Waals surface area contributed by atoms with Crippen LogP contribution in [-0.2, 0) is 0 Å². The van der Waals surface area contributed by atoms with Crippen LogP contribution < -0.4 is 10.6 Å². The molecule has 0 spiro atoms. The largest absolute Gasteiger partial charge is 0.314 e. The number of pyridine rings is 1. The van der Waals surface area contributed by atoms with Crippen molar-refractivity contribution in [1.82, 2.24) is 15.6 Å². The molecule has 3 unspecified atom stereocenters. The second kappa shape index (κ2) is 6.86. The summed E-state index contributed by atoms with van der Waals surface area (Å²) in [4.78, 5) is 4.40. The lowest BCUT2D eigenvalue weighted by Gasteiger charge is -2.28. The molecule has 0 aromatic carbocycles. The molecule has 3 atom stereocenters. The van der Waals surface area contributed by atoms with Gasteiger partial charge in [0.2, 0.25) is 0 Å². The van der Waals surface area contributed by atoms with Crippen molar-refractivity contribution in [2.75, 3.05) is 6.54 Å². The van der Waals surface area contributed by atoms with E-state index in [9.17, 15) is 0 Å². The Morgan fingerprint density at radius 3 is 2.94 bits per heavy atom. The van der Waals surface area contributed by atoms with Crippen LogP contribution >= 0.6 is 0 Å². The second-order valence-corrected chi connectivity index (χ2v) is 5.43. The van der Waals surface area contributed by atoms with Gasteiger partial charge in [0.1, 0.15) is 0 Å². The van der Waals surface area contributed by atoms with Crippen LogP contribution in [0.15, 0.2) is 24.4 Å². The van der Waals surface area contributed by atoms with E-state index in [1.54, 1.807) is 0 Å². The fourth-order valence-corrected chi connectivity index (χ4v) is 2.76. The van der Waals surface area contributed by atoms with E-state index in [1.807, 2.05) is 18.3 Å². The first-order valence-corrected chi connectivity index (χ1v) is 7.16. The molecule has 1 saturated heterocycles. The summed E-state index contributed by atoms with van der Waals surface area (Å²) in [6.45, 7) is 5.65. The van der Waals surface area contributed by atoms with Gasteiger partial charge < -0.3 is 10.6 Å². The maximum Gasteiger partial charge on any atom is 0.0570 e. The van der Waals surface area contributed by atoms with Gasteiger partial charge in [0.25, 0.3) is 0 Å². The van der Waals surface area contributed by atoms with Crippen molar-refractivity contribution < 1.29 is 0 Å². The maximum atomic E-state index is 4.40. The molecule has 1 aliphatic heterocycles. The molecule has 1 aromatic rings. The van der Waals surface area contributed by atoms with Gasteiger partial charge in [-0.15, -0.1) is 0 Å². The zero-order valence-electron chi connectivity index (χ0n) is 11.5. The number of nitrogens with zero attached hydrogens (tertiary/aromatic N) is 1. The molecule has 1 aliphatic rings. The molecular formula is C15H25N3. The highest BCUT2D eigenvalue weighted by molar-refractivity contribution is 5.07. The van der Waals surface area contributed by atoms with Gasteiger partial charge in [0.05, 0.1) is 5.69 Å². The lowest BCUT2D eigenvalue weighted by molar-refractivity contribution is 0.333. The Bertz CT molecular complexity index is 333. The van der Waals surface area contributed by atoms with Crippen LogP contribution in [0.1, 0.15) is 51.3 Å². The van der Waals surface area contributed by atoms with Crippen molar-refractivity contribution in [2.45, 2.75) is 57.7 Å². The second-order valence-electron chi connectivity index (χ2n) is 5.43. The minimum Gasteiger partial charge on any atom is -0.314 e. The molecule has 1 fully saturated rings. The molecular weight excluding hydrogens is 222 g/mol. The molecule has 3 heteroatoms. The van der Waals surface area contributed by atoms with E-state index in [0.717, 1.165) is 5.69 Å². The van der Waals surface area contributed by atoms with Crippen LogP contribution in [0.5, 0.6) is 0 Å². The van der Waals surface area contributed by atoms with E-state index in [-0.39, 0.29) is 0 Å². The fourth-order valence-electron chi connectivity index (χ4n) is 2.76. The van der Waals surface area contributed by atoms with Crippen LogP contribution in [0.3, 0.4) is 0 Å². The average Bonchev–Trinajstić information content (AvgIpc) is 2.40. The average molecular weight is 247 g/mol. The Morgan fingerprint density at radius 1 is 1.39 bits per heavy atom. The van der Waals surface area contributed by atoms with Gasteiger partial charge in [0.15, 0.2) is 0 Å². The number of aromatic nitrogens is 1. The molecule has 100 valence electrons. The SMILES string of the molecule is CC(CC1CCCCN1)NC(C)c1ccccn1. The zero-order chi connectivity index (χ0) is 12.8. The van der Waals surface area contributed by atoms with Crippen molar-refractivity contribution in [3.63, 3.8) is 0 Å². The fraction of sp³-hybridized carbons (Fsp3) is 0.667. The number of hydrogen-bond donors (Lipinski definition) is 2. The van der Waals surface area contributed by atoms with Crippen molar-refractivity contribution in [3.05, 3.63) is 30.1 Å². The highest BCUT2D eigenvalue weighted by atomic mass is 15.0. The molecule has 0 aliphatic carbocycles. The van der Waals surface area contributed by atoms with Crippen LogP contribution in [0, 0.1) is 0 Å². The summed E-state index contributed by atoms with van der Waals surface area (Å²) in [5.41, 5.74) is 1.13. The first-order chi connectivity index (χ1) is 8.75. The standard InChI is InChI=1S/C15H25N3/c1-12(11-14-7-3-5-9-16-14)18-13(2)15-8-4-6-10-17-15/h4,6,8,10,12-14,16,18H,3,5,7,9,11H2,1-2H3. The van der Waals surface area contributed by atoms with E-state index in [1.165, 1.54) is 32.2 Å². The topological polar surface area (TPSA) is 37.0 Å². The molecule has 0 amide bonds. The van der Waals surface area contributed by atoms with E-state index in [4.69, 9.17) is 0 Å². The summed E-state index contributed by atoms with van der Waals surface area (Å²) in [6, 6.07) is 7.64. The predicted octanol–water partition coefficient (Wildman–Crippen LogP) is 2.65. The molecule has 18 heavy (non-hydrogen) atoms. The summed E-state index contributed by atoms with van der Waals surface area (Å²) < 4.78 is 0. The molecule has 1 aromatic heterocycles. The van der Waals surface area contributed by atoms with Crippen molar-refractivity contribution in [3.8, 4) is 0 Å². The Balaban J connectivity index is 1.78. The van der Waals surface area contributed by atoms with Gasteiger partial charge >= 0.3 is 0 Å². The minimum absolute atomic E-state index is 0.324. The van der Waals surface area contributed by atoms with Gasteiger partial charge in [-0.05, 0) is 51.8 Å². The maximum absolute atomic E-state index is 4.40. The number of piperidine rings is 1. The number of rotatable bonds is 5. The summed E-state index contributed by atoms with van der Waals surface area (Å²) in [7, 11) is 0. The first-order valence-electron chi connectivity index (χ1n) is 7.16. The lowest BCUT2D eigenvalue weighted by Crippen LogP contribution is -2.40. The van der Waals surface area contributed by atoms with E-state index < -0.39 is 0 Å². The van der Waals surface area contributed by atoms with E-state index in [2.05, 4.69) is 35.5 Å². The van der Waals surface area contributed by atoms with Gasteiger partial charge in [-0.25, -0.2) is 0 Å². The van der Waals surface area contributed by atoms with E-state index >= 15 is 0 Å². The van der Waals surface area contributed by atoms with Crippen LogP contribution in [0.25, 0.3) is 0 Å². The first kappa shape index (κ1) is 13.5. The van der Waals surface area contributed by atoms with Crippen LogP contribution in [-0.4, -0.2) is 23.6 Å². The molecule has 0 bridgehead atoms. The monoisotopic (exact) mass is 247 g/mol. The summed E-state index contributed by atoms with van der Waals surface area (Å²) in [5.74, 6) is 0. The molecule has 3 nitrogen and oxygen atoms in total. The third kappa shape index (κ3) is 4.07. The Morgan fingerprint density at radius 2 is 2.28 bits per heavy atom. The van der Waals surface area contributed by atoms with Gasteiger partial charge in [-0.2, -0.15) is 0 Å². The van der Waals surface area contributed by atoms with Gasteiger partial charge in [-0.1, -0.05) is 12.5 Å². The quantitative estimate of drug-likeness (QED) is 0.840. The van der Waals surface area contributed by atoms with E-state index in [0.29, 0.717) is 18.1 Å². The van der Waals surface area contributed by atoms with Crippen molar-refractivity contribution >= 4 is 0 Å². The van der Waals surface area contributed by atoms with Crippen molar-refractivity contribution in [2.24, 2.45) is 0 Å². The minimum atomic E-state index is 0.324. The molecule has 2 rings (SSSR count). The molecule has 2 N–H and O–H groups in total. The van der Waals surface area contributed by atoms with Crippen LogP contribution in [0.4, 0.5) is 0 Å². The molecule has 0 radical (unpaired) electrons. The predicted molar refractivity (Wildman–Crippen MR) is 75.5 cm³/mol. The van der Waals surface area contributed by atoms with Gasteiger partial charge in [-0.3, -0.25) is 4.98 Å². The highest BCUT2D eigenvalue weighted by Crippen LogP contribution is 2.15. The summed E-state index contributed by atoms with van der Waals surface area (Å²) in [5, 5.41) is 7.25. The Labute approximate surface area is 110 Å². The molecule has 2 heterocycles. The smallest absolute Gasteiger partial charge is 0.0570 e.